The number of amides is 1. The number of aromatic amines is 1. The molecule has 7 nitrogen and oxygen atoms in total. The van der Waals surface area contributed by atoms with Gasteiger partial charge in [0.1, 0.15) is 0 Å². The molecule has 35 heavy (non-hydrogen) atoms. The molecule has 7 heteroatoms. The van der Waals surface area contributed by atoms with Gasteiger partial charge >= 0.3 is 0 Å². The minimum absolute atomic E-state index is 0.0413. The first kappa shape index (κ1) is 22.8. The predicted octanol–water partition coefficient (Wildman–Crippen LogP) is 4.11. The van der Waals surface area contributed by atoms with E-state index in [2.05, 4.69) is 15.2 Å². The summed E-state index contributed by atoms with van der Waals surface area (Å²) in [6.45, 7) is 1.00. The van der Waals surface area contributed by atoms with Crippen molar-refractivity contribution in [2.75, 3.05) is 6.54 Å². The molecule has 0 atom stereocenters. The SMILES string of the molecule is O=C(c1cccc(Cc2n[nH]c(=O)c3c2CCCC3)c1)N(CCc1ccccn1)Cc1ccoc1. The summed E-state index contributed by atoms with van der Waals surface area (Å²) in [5.74, 6) is -0.0413. The molecule has 1 aromatic carbocycles. The molecule has 0 spiro atoms. The molecule has 0 fully saturated rings. The van der Waals surface area contributed by atoms with E-state index in [0.29, 0.717) is 31.5 Å². The van der Waals surface area contributed by atoms with Crippen molar-refractivity contribution in [3.8, 4) is 0 Å². The molecule has 0 unspecified atom stereocenters. The number of aromatic nitrogens is 3. The van der Waals surface area contributed by atoms with Gasteiger partial charge < -0.3 is 9.32 Å². The molecule has 0 saturated heterocycles. The van der Waals surface area contributed by atoms with Gasteiger partial charge in [-0.25, -0.2) is 5.10 Å². The predicted molar refractivity (Wildman–Crippen MR) is 132 cm³/mol. The lowest BCUT2D eigenvalue weighted by atomic mass is 9.90. The molecule has 3 heterocycles. The summed E-state index contributed by atoms with van der Waals surface area (Å²) >= 11 is 0. The Morgan fingerprint density at radius 2 is 1.91 bits per heavy atom. The zero-order chi connectivity index (χ0) is 24.0. The fraction of sp³-hybridized carbons (Fsp3) is 0.286. The Bertz CT molecular complexity index is 1350. The van der Waals surface area contributed by atoms with Gasteiger partial charge in [-0.2, -0.15) is 5.10 Å². The van der Waals surface area contributed by atoms with Crippen LogP contribution in [-0.4, -0.2) is 32.5 Å². The topological polar surface area (TPSA) is 92.1 Å². The summed E-state index contributed by atoms with van der Waals surface area (Å²) in [5.41, 5.74) is 6.29. The lowest BCUT2D eigenvalue weighted by Crippen LogP contribution is -2.32. The lowest BCUT2D eigenvalue weighted by Gasteiger charge is -2.22. The number of hydrogen-bond donors (Lipinski definition) is 1. The molecular weight excluding hydrogens is 440 g/mol. The van der Waals surface area contributed by atoms with E-state index >= 15 is 0 Å². The van der Waals surface area contributed by atoms with Gasteiger partial charge in [-0.05, 0) is 67.1 Å². The number of H-pyrrole nitrogens is 1. The molecule has 178 valence electrons. The zero-order valence-corrected chi connectivity index (χ0v) is 19.6. The number of carbonyl (C=O) groups excluding carboxylic acids is 1. The Morgan fingerprint density at radius 3 is 2.71 bits per heavy atom. The Kier molecular flexibility index (Phi) is 6.84. The first-order chi connectivity index (χ1) is 17.2. The Hall–Kier alpha value is -4.00. The van der Waals surface area contributed by atoms with Gasteiger partial charge in [-0.3, -0.25) is 14.6 Å². The number of benzene rings is 1. The second kappa shape index (κ2) is 10.5. The Morgan fingerprint density at radius 1 is 1.03 bits per heavy atom. The maximum absolute atomic E-state index is 13.6. The van der Waals surface area contributed by atoms with Crippen molar-refractivity contribution in [1.29, 1.82) is 0 Å². The molecule has 1 aliphatic carbocycles. The maximum Gasteiger partial charge on any atom is 0.267 e. The highest BCUT2D eigenvalue weighted by Crippen LogP contribution is 2.22. The number of pyridine rings is 1. The third-order valence-electron chi connectivity index (χ3n) is 6.53. The maximum atomic E-state index is 13.6. The number of nitrogens with one attached hydrogen (secondary N) is 1. The van der Waals surface area contributed by atoms with Crippen LogP contribution in [0.25, 0.3) is 0 Å². The smallest absolute Gasteiger partial charge is 0.267 e. The van der Waals surface area contributed by atoms with Crippen LogP contribution in [0.5, 0.6) is 0 Å². The molecule has 4 aromatic rings. The van der Waals surface area contributed by atoms with Gasteiger partial charge in [-0.1, -0.05) is 18.2 Å². The van der Waals surface area contributed by atoms with E-state index in [1.165, 1.54) is 0 Å². The number of furan rings is 1. The summed E-state index contributed by atoms with van der Waals surface area (Å²) in [5, 5.41) is 7.02. The van der Waals surface area contributed by atoms with Crippen molar-refractivity contribution in [3.05, 3.63) is 117 Å². The van der Waals surface area contributed by atoms with Crippen molar-refractivity contribution in [2.45, 2.75) is 45.1 Å². The largest absolute Gasteiger partial charge is 0.472 e. The molecule has 0 saturated carbocycles. The molecule has 0 bridgehead atoms. The van der Waals surface area contributed by atoms with Crippen LogP contribution in [0.2, 0.25) is 0 Å². The summed E-state index contributed by atoms with van der Waals surface area (Å²) in [4.78, 5) is 32.0. The van der Waals surface area contributed by atoms with E-state index < -0.39 is 0 Å². The van der Waals surface area contributed by atoms with Gasteiger partial charge in [0.15, 0.2) is 0 Å². The highest BCUT2D eigenvalue weighted by Gasteiger charge is 2.20. The van der Waals surface area contributed by atoms with Crippen molar-refractivity contribution in [3.63, 3.8) is 0 Å². The van der Waals surface area contributed by atoms with Crippen molar-refractivity contribution in [2.24, 2.45) is 0 Å². The number of fused-ring (bicyclic) bond motifs is 1. The summed E-state index contributed by atoms with van der Waals surface area (Å²) in [6, 6.07) is 15.4. The fourth-order valence-corrected chi connectivity index (χ4v) is 4.71. The van der Waals surface area contributed by atoms with Gasteiger partial charge in [0.2, 0.25) is 0 Å². The first-order valence-electron chi connectivity index (χ1n) is 12.1. The van der Waals surface area contributed by atoms with Gasteiger partial charge in [-0.15, -0.1) is 0 Å². The van der Waals surface area contributed by atoms with E-state index in [-0.39, 0.29) is 11.5 Å². The van der Waals surface area contributed by atoms with Crippen molar-refractivity contribution in [1.82, 2.24) is 20.1 Å². The number of carbonyl (C=O) groups is 1. The van der Waals surface area contributed by atoms with Crippen LogP contribution in [0.15, 0.2) is 76.5 Å². The van der Waals surface area contributed by atoms with Crippen LogP contribution in [0.4, 0.5) is 0 Å². The lowest BCUT2D eigenvalue weighted by molar-refractivity contribution is 0.0744. The Labute approximate surface area is 203 Å². The van der Waals surface area contributed by atoms with E-state index in [4.69, 9.17) is 4.42 Å². The first-order valence-corrected chi connectivity index (χ1v) is 12.1. The van der Waals surface area contributed by atoms with E-state index in [9.17, 15) is 9.59 Å². The van der Waals surface area contributed by atoms with Crippen molar-refractivity contribution >= 4 is 5.91 Å². The Balaban J connectivity index is 1.37. The van der Waals surface area contributed by atoms with Crippen LogP contribution in [0.3, 0.4) is 0 Å². The van der Waals surface area contributed by atoms with Gasteiger partial charge in [0.25, 0.3) is 11.5 Å². The van der Waals surface area contributed by atoms with Crippen LogP contribution in [-0.2, 0) is 32.2 Å². The van der Waals surface area contributed by atoms with Crippen molar-refractivity contribution < 1.29 is 9.21 Å². The molecule has 1 aliphatic rings. The van der Waals surface area contributed by atoms with E-state index in [0.717, 1.165) is 59.3 Å². The normalized spacial score (nSPS) is 12.8. The molecule has 5 rings (SSSR count). The molecule has 0 radical (unpaired) electrons. The summed E-state index contributed by atoms with van der Waals surface area (Å²) in [7, 11) is 0. The van der Waals surface area contributed by atoms with Gasteiger partial charge in [0, 0.05) is 54.5 Å². The monoisotopic (exact) mass is 468 g/mol. The van der Waals surface area contributed by atoms with Gasteiger partial charge in [0.05, 0.1) is 18.2 Å². The van der Waals surface area contributed by atoms with Crippen LogP contribution in [0.1, 0.15) is 56.8 Å². The third-order valence-corrected chi connectivity index (χ3v) is 6.53. The summed E-state index contributed by atoms with van der Waals surface area (Å²) < 4.78 is 5.22. The third kappa shape index (κ3) is 5.40. The van der Waals surface area contributed by atoms with E-state index in [1.54, 1.807) is 18.7 Å². The number of rotatable bonds is 8. The molecule has 0 aliphatic heterocycles. The highest BCUT2D eigenvalue weighted by atomic mass is 16.3. The summed E-state index contributed by atoms with van der Waals surface area (Å²) in [6.07, 6.45) is 10.1. The van der Waals surface area contributed by atoms with Crippen LogP contribution < -0.4 is 5.56 Å². The fourth-order valence-electron chi connectivity index (χ4n) is 4.71. The molecule has 1 amide bonds. The second-order valence-corrected chi connectivity index (χ2v) is 8.97. The molecular formula is C28H28N4O3. The highest BCUT2D eigenvalue weighted by molar-refractivity contribution is 5.94. The van der Waals surface area contributed by atoms with E-state index in [1.807, 2.05) is 53.4 Å². The van der Waals surface area contributed by atoms with Crippen LogP contribution >= 0.6 is 0 Å². The number of nitrogens with zero attached hydrogens (tertiary/aromatic N) is 3. The number of hydrogen-bond acceptors (Lipinski definition) is 5. The second-order valence-electron chi connectivity index (χ2n) is 8.97. The van der Waals surface area contributed by atoms with Crippen LogP contribution in [0, 0.1) is 0 Å². The average molecular weight is 469 g/mol. The molecule has 1 N–H and O–H groups in total. The minimum atomic E-state index is -0.0739. The minimum Gasteiger partial charge on any atom is -0.472 e. The molecule has 3 aromatic heterocycles. The standard InChI is InChI=1S/C28H28N4O3/c33-27-25-10-2-1-9-24(25)26(30-31-27)17-20-6-5-7-22(16-20)28(34)32(18-21-12-15-35-19-21)14-11-23-8-3-4-13-29-23/h3-8,12-13,15-16,19H,1-2,9-11,14,17-18H2,(H,31,33). The zero-order valence-electron chi connectivity index (χ0n) is 19.6. The average Bonchev–Trinajstić information content (AvgIpc) is 3.42. The quantitative estimate of drug-likeness (QED) is 0.420.